The summed E-state index contributed by atoms with van der Waals surface area (Å²) in [6, 6.07) is 24.4. The summed E-state index contributed by atoms with van der Waals surface area (Å²) in [5, 5.41) is 8.99. The Bertz CT molecular complexity index is 1510. The Morgan fingerprint density at radius 1 is 0.909 bits per heavy atom. The van der Waals surface area contributed by atoms with Crippen molar-refractivity contribution in [3.05, 3.63) is 113 Å². The molecule has 0 N–H and O–H groups in total. The number of ether oxygens (including phenoxy) is 2. The second kappa shape index (κ2) is 15.8. The molecule has 4 rings (SSSR count). The topological polar surface area (TPSA) is 74.9 Å². The van der Waals surface area contributed by atoms with E-state index in [1.165, 1.54) is 24.8 Å². The number of aryl methyl sites for hydroxylation is 1. The highest BCUT2D eigenvalue weighted by Crippen LogP contribution is 2.21. The Hall–Kier alpha value is -4.46. The summed E-state index contributed by atoms with van der Waals surface area (Å²) >= 11 is 0. The third-order valence-corrected chi connectivity index (χ3v) is 7.26. The van der Waals surface area contributed by atoms with Gasteiger partial charge >= 0.3 is 5.97 Å². The fourth-order valence-corrected chi connectivity index (χ4v) is 4.96. The molecule has 44 heavy (non-hydrogen) atoms. The monoisotopic (exact) mass is 599 g/mol. The lowest BCUT2D eigenvalue weighted by Gasteiger charge is -2.15. The van der Waals surface area contributed by atoms with Crippen LogP contribution in [0.25, 0.3) is 5.69 Å². The maximum Gasteiger partial charge on any atom is 0.314 e. The van der Waals surface area contributed by atoms with Crippen LogP contribution in [0.3, 0.4) is 0 Å². The number of halogens is 1. The van der Waals surface area contributed by atoms with Crippen molar-refractivity contribution in [3.63, 3.8) is 0 Å². The Kier molecular flexibility index (Phi) is 11.7. The molecule has 1 unspecified atom stereocenters. The van der Waals surface area contributed by atoms with Crippen molar-refractivity contribution in [3.8, 4) is 11.4 Å². The van der Waals surface area contributed by atoms with Gasteiger partial charge in [0.2, 0.25) is 0 Å². The molecule has 0 amide bonds. The first kappa shape index (κ1) is 32.5. The van der Waals surface area contributed by atoms with Crippen LogP contribution < -0.4 is 4.74 Å². The Balaban J connectivity index is 1.37. The third-order valence-electron chi connectivity index (χ3n) is 7.26. The van der Waals surface area contributed by atoms with E-state index in [2.05, 4.69) is 56.3 Å². The average molecular weight is 600 g/mol. The molecule has 1 heterocycles. The van der Waals surface area contributed by atoms with E-state index < -0.39 is 11.9 Å². The van der Waals surface area contributed by atoms with E-state index in [-0.39, 0.29) is 12.4 Å². The molecule has 8 heteroatoms. The van der Waals surface area contributed by atoms with E-state index in [9.17, 15) is 9.18 Å². The van der Waals surface area contributed by atoms with E-state index in [1.54, 1.807) is 19.1 Å². The van der Waals surface area contributed by atoms with Crippen molar-refractivity contribution in [2.75, 3.05) is 7.11 Å². The minimum Gasteiger partial charge on any atom is -0.487 e. The maximum absolute atomic E-state index is 13.1. The van der Waals surface area contributed by atoms with Crippen LogP contribution in [0, 0.1) is 17.7 Å². The largest absolute Gasteiger partial charge is 0.487 e. The van der Waals surface area contributed by atoms with Crippen molar-refractivity contribution < 1.29 is 23.5 Å². The Morgan fingerprint density at radius 3 is 2.18 bits per heavy atom. The third kappa shape index (κ3) is 9.27. The van der Waals surface area contributed by atoms with Gasteiger partial charge in [-0.05, 0) is 91.3 Å². The van der Waals surface area contributed by atoms with Crippen LogP contribution in [0.4, 0.5) is 4.39 Å². The van der Waals surface area contributed by atoms with Crippen LogP contribution in [0.5, 0.6) is 5.75 Å². The van der Waals surface area contributed by atoms with E-state index in [0.717, 1.165) is 47.5 Å². The molecule has 1 aromatic heterocycles. The van der Waals surface area contributed by atoms with E-state index >= 15 is 0 Å². The molecule has 0 fully saturated rings. The number of rotatable bonds is 15. The minimum absolute atomic E-state index is 0.167. The number of oxime groups is 1. The zero-order valence-electron chi connectivity index (χ0n) is 26.3. The first-order chi connectivity index (χ1) is 21.2. The molecular weight excluding hydrogens is 557 g/mol. The number of nitrogens with zero attached hydrogens (tertiary/aromatic N) is 3. The van der Waals surface area contributed by atoms with Crippen molar-refractivity contribution >= 4 is 11.7 Å². The Morgan fingerprint density at radius 2 is 1.55 bits per heavy atom. The number of hydrogen-bond acceptors (Lipinski definition) is 6. The number of methoxy groups -OCH3 is 1. The number of carbonyl (C=O) groups excluding carboxylic acids is 1. The SMILES string of the molecule is CCCc1cc(COc2ccc(CC(C(=O)OC)C(C)=NOCc3ccc(F)cc3)cc2)nn1-c1ccc(CC(C)C)cc1. The van der Waals surface area contributed by atoms with Crippen LogP contribution in [0.2, 0.25) is 0 Å². The van der Waals surface area contributed by atoms with E-state index in [4.69, 9.17) is 19.4 Å². The summed E-state index contributed by atoms with van der Waals surface area (Å²) < 4.78 is 26.3. The van der Waals surface area contributed by atoms with Gasteiger partial charge in [0.05, 0.1) is 18.5 Å². The molecule has 7 nitrogen and oxygen atoms in total. The highest BCUT2D eigenvalue weighted by atomic mass is 19.1. The summed E-state index contributed by atoms with van der Waals surface area (Å²) in [5.74, 6) is 0.00314. The van der Waals surface area contributed by atoms with Gasteiger partial charge in [0, 0.05) is 5.69 Å². The molecule has 3 aromatic carbocycles. The zero-order valence-corrected chi connectivity index (χ0v) is 26.3. The molecule has 0 saturated heterocycles. The highest BCUT2D eigenvalue weighted by molar-refractivity contribution is 6.00. The lowest BCUT2D eigenvalue weighted by atomic mass is 9.95. The predicted octanol–water partition coefficient (Wildman–Crippen LogP) is 7.67. The summed E-state index contributed by atoms with van der Waals surface area (Å²) in [4.78, 5) is 18.0. The summed E-state index contributed by atoms with van der Waals surface area (Å²) in [7, 11) is 1.36. The highest BCUT2D eigenvalue weighted by Gasteiger charge is 2.24. The lowest BCUT2D eigenvalue weighted by molar-refractivity contribution is -0.143. The van der Waals surface area contributed by atoms with Crippen LogP contribution >= 0.6 is 0 Å². The number of benzene rings is 3. The molecule has 0 aliphatic carbocycles. The predicted molar refractivity (Wildman–Crippen MR) is 170 cm³/mol. The van der Waals surface area contributed by atoms with Gasteiger partial charge in [-0.2, -0.15) is 5.10 Å². The molecule has 0 saturated carbocycles. The smallest absolute Gasteiger partial charge is 0.314 e. The van der Waals surface area contributed by atoms with Gasteiger partial charge in [0.15, 0.2) is 0 Å². The second-order valence-electron chi connectivity index (χ2n) is 11.4. The fraction of sp³-hybridized carbons (Fsp3) is 0.361. The van der Waals surface area contributed by atoms with Crippen LogP contribution in [0.15, 0.2) is 84.0 Å². The fourth-order valence-electron chi connectivity index (χ4n) is 4.96. The molecule has 1 atom stereocenters. The van der Waals surface area contributed by atoms with E-state index in [1.807, 2.05) is 28.9 Å². The Labute approximate surface area is 259 Å². The summed E-state index contributed by atoms with van der Waals surface area (Å²) in [6.07, 6.45) is 3.40. The minimum atomic E-state index is -0.611. The van der Waals surface area contributed by atoms with Gasteiger partial charge in [-0.25, -0.2) is 9.07 Å². The molecule has 0 radical (unpaired) electrons. The molecule has 232 valence electrons. The standard InChI is InChI=1S/C36H42FN3O4/c1-6-7-33-22-31(38-40(33)32-16-10-27(11-17-32)20-25(2)3)24-43-34-18-12-28(13-19-34)21-35(36(41)42-5)26(4)39-44-23-29-8-14-30(37)15-9-29/h8-19,22,25,35H,6-7,20-21,23-24H2,1-5H3. The number of carbonyl (C=O) groups is 1. The molecular formula is C36H42FN3O4. The van der Waals surface area contributed by atoms with Crippen molar-refractivity contribution in [2.24, 2.45) is 17.0 Å². The molecule has 4 aromatic rings. The molecule has 0 aliphatic heterocycles. The average Bonchev–Trinajstić information content (AvgIpc) is 3.42. The van der Waals surface area contributed by atoms with Gasteiger partial charge in [-0.3, -0.25) is 4.79 Å². The van der Waals surface area contributed by atoms with Gasteiger partial charge in [-0.1, -0.05) is 68.7 Å². The molecule has 0 aliphatic rings. The van der Waals surface area contributed by atoms with Crippen LogP contribution in [-0.4, -0.2) is 28.6 Å². The maximum atomic E-state index is 13.1. The normalized spacial score (nSPS) is 12.3. The number of esters is 1. The van der Waals surface area contributed by atoms with Crippen LogP contribution in [0.1, 0.15) is 62.2 Å². The molecule has 0 spiro atoms. The van der Waals surface area contributed by atoms with Gasteiger partial charge in [0.1, 0.15) is 36.4 Å². The van der Waals surface area contributed by atoms with Crippen molar-refractivity contribution in [1.82, 2.24) is 9.78 Å². The van der Waals surface area contributed by atoms with Crippen molar-refractivity contribution in [2.45, 2.75) is 66.6 Å². The zero-order chi connectivity index (χ0) is 31.5. The van der Waals surface area contributed by atoms with Crippen LogP contribution in [-0.2, 0) is 46.8 Å². The lowest BCUT2D eigenvalue weighted by Crippen LogP contribution is -2.26. The van der Waals surface area contributed by atoms with Crippen molar-refractivity contribution in [1.29, 1.82) is 0 Å². The quantitative estimate of drug-likeness (QED) is 0.0797. The van der Waals surface area contributed by atoms with Gasteiger partial charge in [-0.15, -0.1) is 0 Å². The van der Waals surface area contributed by atoms with E-state index in [0.29, 0.717) is 30.4 Å². The first-order valence-corrected chi connectivity index (χ1v) is 15.1. The second-order valence-corrected chi connectivity index (χ2v) is 11.4. The first-order valence-electron chi connectivity index (χ1n) is 15.1. The summed E-state index contributed by atoms with van der Waals surface area (Å²) in [6.45, 7) is 8.87. The molecule has 0 bridgehead atoms. The summed E-state index contributed by atoms with van der Waals surface area (Å²) in [5.41, 5.74) is 6.60. The number of hydrogen-bond donors (Lipinski definition) is 0. The number of aromatic nitrogens is 2. The van der Waals surface area contributed by atoms with Gasteiger partial charge < -0.3 is 14.3 Å². The van der Waals surface area contributed by atoms with Gasteiger partial charge in [0.25, 0.3) is 0 Å².